The minimum atomic E-state index is -0.272. The third-order valence-electron chi connectivity index (χ3n) is 2.62. The quantitative estimate of drug-likeness (QED) is 0.627. The Kier molecular flexibility index (Phi) is 1.71. The smallest absolute Gasteiger partial charge is 0.304 e. The lowest BCUT2D eigenvalue weighted by Gasteiger charge is -1.97. The van der Waals surface area contributed by atoms with E-state index in [-0.39, 0.29) is 11.6 Å². The van der Waals surface area contributed by atoms with E-state index in [0.29, 0.717) is 11.0 Å². The Morgan fingerprint density at radius 2 is 1.94 bits per heavy atom. The highest BCUT2D eigenvalue weighted by atomic mass is 16.4. The van der Waals surface area contributed by atoms with Crippen LogP contribution in [0.3, 0.4) is 0 Å². The van der Waals surface area contributed by atoms with Gasteiger partial charge in [0.2, 0.25) is 0 Å². The van der Waals surface area contributed by atoms with Crippen LogP contribution < -0.4 is 0 Å². The van der Waals surface area contributed by atoms with Crippen molar-refractivity contribution in [2.75, 3.05) is 0 Å². The minimum absolute atomic E-state index is 0.193. The van der Waals surface area contributed by atoms with Gasteiger partial charge in [0, 0.05) is 5.18 Å². The Morgan fingerprint density at radius 3 is 2.75 bits per heavy atom. The third-order valence-corrected chi connectivity index (χ3v) is 2.62. The number of nitroso groups, excluding NO2 is 1. The van der Waals surface area contributed by atoms with Gasteiger partial charge in [-0.1, -0.05) is 30.3 Å². The van der Waals surface area contributed by atoms with Crippen molar-refractivity contribution >= 4 is 27.6 Å². The second kappa shape index (κ2) is 3.06. The van der Waals surface area contributed by atoms with Gasteiger partial charge in [-0.15, -0.1) is 4.91 Å². The third kappa shape index (κ3) is 1.04. The number of rotatable bonds is 1. The van der Waals surface area contributed by atoms with Crippen LogP contribution in [0.15, 0.2) is 46.0 Å². The van der Waals surface area contributed by atoms with E-state index < -0.39 is 0 Å². The number of hydrogen-bond donors (Lipinski definition) is 1. The molecule has 4 heteroatoms. The summed E-state index contributed by atoms with van der Waals surface area (Å²) in [5.74, 6) is -0.465. The van der Waals surface area contributed by atoms with Crippen molar-refractivity contribution in [2.24, 2.45) is 5.18 Å². The first-order chi connectivity index (χ1) is 7.81. The minimum Gasteiger partial charge on any atom is -0.502 e. The molecule has 0 aliphatic carbocycles. The van der Waals surface area contributed by atoms with Crippen molar-refractivity contribution in [3.05, 3.63) is 41.3 Å². The summed E-state index contributed by atoms with van der Waals surface area (Å²) in [5.41, 5.74) is 0.464. The van der Waals surface area contributed by atoms with Crippen LogP contribution in [0.5, 0.6) is 5.75 Å². The zero-order chi connectivity index (χ0) is 11.1. The molecular formula is C12H7NO3. The number of fused-ring (bicyclic) bond motifs is 3. The average molecular weight is 213 g/mol. The predicted molar refractivity (Wildman–Crippen MR) is 60.8 cm³/mol. The molecule has 3 aromatic rings. The molecule has 0 atom stereocenters. The van der Waals surface area contributed by atoms with Gasteiger partial charge in [-0.3, -0.25) is 0 Å². The first kappa shape index (κ1) is 8.91. The van der Waals surface area contributed by atoms with E-state index in [2.05, 4.69) is 5.18 Å². The van der Waals surface area contributed by atoms with Crippen LogP contribution in [0.1, 0.15) is 0 Å². The van der Waals surface area contributed by atoms with Crippen molar-refractivity contribution in [1.82, 2.24) is 0 Å². The van der Waals surface area contributed by atoms with Crippen molar-refractivity contribution in [1.29, 1.82) is 0 Å². The van der Waals surface area contributed by atoms with Crippen LogP contribution in [-0.2, 0) is 0 Å². The molecule has 78 valence electrons. The molecule has 1 aromatic heterocycles. The molecule has 0 radical (unpaired) electrons. The van der Waals surface area contributed by atoms with E-state index in [0.717, 1.165) is 10.8 Å². The van der Waals surface area contributed by atoms with Crippen LogP contribution in [0.25, 0.3) is 21.7 Å². The number of benzene rings is 2. The van der Waals surface area contributed by atoms with E-state index in [9.17, 15) is 10.0 Å². The van der Waals surface area contributed by atoms with Gasteiger partial charge in [0.1, 0.15) is 5.58 Å². The fourth-order valence-electron chi connectivity index (χ4n) is 1.90. The summed E-state index contributed by atoms with van der Waals surface area (Å²) in [6.45, 7) is 0. The molecule has 1 N–H and O–H groups in total. The van der Waals surface area contributed by atoms with E-state index in [1.165, 1.54) is 0 Å². The van der Waals surface area contributed by atoms with Crippen molar-refractivity contribution in [3.8, 4) is 5.75 Å². The fourth-order valence-corrected chi connectivity index (χ4v) is 1.90. The molecule has 16 heavy (non-hydrogen) atoms. The molecule has 0 saturated carbocycles. The van der Waals surface area contributed by atoms with Crippen molar-refractivity contribution in [2.45, 2.75) is 0 Å². The maximum absolute atomic E-state index is 10.4. The molecule has 1 heterocycles. The first-order valence-corrected chi connectivity index (χ1v) is 4.78. The number of furan rings is 1. The molecular weight excluding hydrogens is 206 g/mol. The van der Waals surface area contributed by atoms with E-state index in [1.807, 2.05) is 30.3 Å². The normalized spacial score (nSPS) is 11.0. The molecule has 0 amide bonds. The van der Waals surface area contributed by atoms with Crippen LogP contribution >= 0.6 is 0 Å². The Balaban J connectivity index is 2.59. The maximum atomic E-state index is 10.4. The zero-order valence-corrected chi connectivity index (χ0v) is 8.18. The Hall–Kier alpha value is -2.36. The molecule has 0 bridgehead atoms. The first-order valence-electron chi connectivity index (χ1n) is 4.78. The fraction of sp³-hybridized carbons (Fsp3) is 0. The summed E-state index contributed by atoms with van der Waals surface area (Å²) in [6, 6.07) is 11.1. The van der Waals surface area contributed by atoms with Gasteiger partial charge < -0.3 is 9.52 Å². The van der Waals surface area contributed by atoms with E-state index in [1.54, 1.807) is 6.07 Å². The monoisotopic (exact) mass is 213 g/mol. The molecule has 4 nitrogen and oxygen atoms in total. The average Bonchev–Trinajstić information content (AvgIpc) is 2.66. The lowest BCUT2D eigenvalue weighted by atomic mass is 10.1. The van der Waals surface area contributed by atoms with Gasteiger partial charge in [0.25, 0.3) is 0 Å². The van der Waals surface area contributed by atoms with Crippen molar-refractivity contribution in [3.63, 3.8) is 0 Å². The molecule has 0 aliphatic rings. The predicted octanol–water partition coefficient (Wildman–Crippen LogP) is 3.69. The van der Waals surface area contributed by atoms with Gasteiger partial charge in [-0.05, 0) is 16.8 Å². The molecule has 0 unspecified atom stereocenters. The summed E-state index contributed by atoms with van der Waals surface area (Å²) in [5, 5.41) is 14.8. The molecule has 0 saturated heterocycles. The summed E-state index contributed by atoms with van der Waals surface area (Å²) >= 11 is 0. The molecule has 0 spiro atoms. The van der Waals surface area contributed by atoms with Crippen molar-refractivity contribution < 1.29 is 9.52 Å². The standard InChI is InChI=1S/C12H7NO3/c14-11-10-8-4-2-1-3-7(8)5-6-9(10)16-12(11)13-15/h1-6,14H. The van der Waals surface area contributed by atoms with Crippen LogP contribution in [-0.4, -0.2) is 5.11 Å². The Labute approximate surface area is 90.1 Å². The van der Waals surface area contributed by atoms with Gasteiger partial charge in [0.15, 0.2) is 5.75 Å². The molecule has 0 aliphatic heterocycles. The van der Waals surface area contributed by atoms with Gasteiger partial charge in [0.05, 0.1) is 5.39 Å². The van der Waals surface area contributed by atoms with Crippen LogP contribution in [0.4, 0.5) is 5.88 Å². The van der Waals surface area contributed by atoms with Gasteiger partial charge >= 0.3 is 5.88 Å². The molecule has 2 aromatic carbocycles. The SMILES string of the molecule is O=Nc1oc2ccc3ccccc3c2c1O. The summed E-state index contributed by atoms with van der Waals surface area (Å²) in [7, 11) is 0. The zero-order valence-electron chi connectivity index (χ0n) is 8.18. The van der Waals surface area contributed by atoms with Crippen LogP contribution in [0.2, 0.25) is 0 Å². The summed E-state index contributed by atoms with van der Waals surface area (Å²) < 4.78 is 5.13. The largest absolute Gasteiger partial charge is 0.502 e. The van der Waals surface area contributed by atoms with Crippen LogP contribution in [0, 0.1) is 4.91 Å². The number of aromatic hydroxyl groups is 1. The van der Waals surface area contributed by atoms with E-state index >= 15 is 0 Å². The Morgan fingerprint density at radius 1 is 1.12 bits per heavy atom. The maximum Gasteiger partial charge on any atom is 0.304 e. The summed E-state index contributed by atoms with van der Waals surface area (Å²) in [6.07, 6.45) is 0. The molecule has 0 fully saturated rings. The molecule has 3 rings (SSSR count). The van der Waals surface area contributed by atoms with E-state index in [4.69, 9.17) is 4.42 Å². The second-order valence-corrected chi connectivity index (χ2v) is 3.51. The summed E-state index contributed by atoms with van der Waals surface area (Å²) in [4.78, 5) is 10.4. The Bertz CT molecular complexity index is 700. The lowest BCUT2D eigenvalue weighted by Crippen LogP contribution is -1.72. The second-order valence-electron chi connectivity index (χ2n) is 3.51. The highest BCUT2D eigenvalue weighted by molar-refractivity contribution is 6.10. The lowest BCUT2D eigenvalue weighted by molar-refractivity contribution is 0.469. The highest BCUT2D eigenvalue weighted by Crippen LogP contribution is 2.41. The topological polar surface area (TPSA) is 62.8 Å². The van der Waals surface area contributed by atoms with Gasteiger partial charge in [-0.25, -0.2) is 0 Å². The number of hydrogen-bond acceptors (Lipinski definition) is 4. The highest BCUT2D eigenvalue weighted by Gasteiger charge is 2.15. The number of nitrogens with zero attached hydrogens (tertiary/aromatic N) is 1. The van der Waals surface area contributed by atoms with Gasteiger partial charge in [-0.2, -0.15) is 0 Å².